The van der Waals surface area contributed by atoms with Crippen LogP contribution in [0.5, 0.6) is 5.75 Å². The summed E-state index contributed by atoms with van der Waals surface area (Å²) in [6, 6.07) is 9.93. The number of methoxy groups -OCH3 is 1. The second-order valence-corrected chi connectivity index (χ2v) is 6.88. The Bertz CT molecular complexity index is 1010. The molecule has 0 fully saturated rings. The van der Waals surface area contributed by atoms with Crippen LogP contribution in [0.3, 0.4) is 0 Å². The topological polar surface area (TPSA) is 59.4 Å². The molecule has 0 atom stereocenters. The molecule has 0 unspecified atom stereocenters. The number of nitrogens with one attached hydrogen (secondary N) is 1. The summed E-state index contributed by atoms with van der Waals surface area (Å²) in [5.41, 5.74) is 1.61. The highest BCUT2D eigenvalue weighted by molar-refractivity contribution is 6.31. The Balaban J connectivity index is 1.71. The van der Waals surface area contributed by atoms with Gasteiger partial charge in [0, 0.05) is 11.6 Å². The third kappa shape index (κ3) is 4.26. The molecule has 0 aliphatic carbocycles. The summed E-state index contributed by atoms with van der Waals surface area (Å²) in [6.07, 6.45) is 0. The number of ether oxygens (including phenoxy) is 1. The van der Waals surface area contributed by atoms with Crippen LogP contribution in [0.25, 0.3) is 11.0 Å². The van der Waals surface area contributed by atoms with Crippen molar-refractivity contribution in [2.45, 2.75) is 20.0 Å². The van der Waals surface area contributed by atoms with Gasteiger partial charge in [0.1, 0.15) is 17.1 Å². The van der Waals surface area contributed by atoms with Crippen LogP contribution in [-0.4, -0.2) is 41.1 Å². The number of hydrogen-bond donors (Lipinski definition) is 1. The van der Waals surface area contributed by atoms with E-state index in [0.717, 1.165) is 5.52 Å². The number of fused-ring (bicyclic) bond motifs is 1. The van der Waals surface area contributed by atoms with Crippen LogP contribution in [-0.2, 0) is 17.9 Å². The third-order valence-corrected chi connectivity index (χ3v) is 4.62. The van der Waals surface area contributed by atoms with Gasteiger partial charge < -0.3 is 14.6 Å². The summed E-state index contributed by atoms with van der Waals surface area (Å²) in [5, 5.41) is 3.31. The molecule has 6 nitrogen and oxygen atoms in total. The molecular weight excluding hydrogens is 383 g/mol. The molecule has 0 spiro atoms. The molecule has 0 aliphatic rings. The number of nitrogens with zero attached hydrogens (tertiary/aromatic N) is 3. The Morgan fingerprint density at radius 2 is 2.14 bits per heavy atom. The highest BCUT2D eigenvalue weighted by Crippen LogP contribution is 2.27. The number of para-hydroxylation sites is 1. The maximum absolute atomic E-state index is 14.0. The van der Waals surface area contributed by atoms with E-state index < -0.39 is 0 Å². The summed E-state index contributed by atoms with van der Waals surface area (Å²) in [7, 11) is 3.34. The van der Waals surface area contributed by atoms with Crippen molar-refractivity contribution in [2.75, 3.05) is 26.0 Å². The number of amides is 1. The highest BCUT2D eigenvalue weighted by Gasteiger charge is 2.16. The fraction of sp³-hybridized carbons (Fsp3) is 0.300. The lowest BCUT2D eigenvalue weighted by atomic mass is 10.3. The molecule has 1 aromatic heterocycles. The lowest BCUT2D eigenvalue weighted by Crippen LogP contribution is -2.30. The van der Waals surface area contributed by atoms with Crippen molar-refractivity contribution in [3.63, 3.8) is 0 Å². The van der Waals surface area contributed by atoms with E-state index in [1.807, 2.05) is 29.5 Å². The van der Waals surface area contributed by atoms with Gasteiger partial charge in [0.15, 0.2) is 5.82 Å². The molecular formula is C20H22ClFN4O2. The minimum Gasteiger partial charge on any atom is -0.495 e. The zero-order valence-corrected chi connectivity index (χ0v) is 16.8. The van der Waals surface area contributed by atoms with E-state index in [0.29, 0.717) is 40.9 Å². The Kier molecular flexibility index (Phi) is 6.16. The molecule has 0 bridgehead atoms. The quantitative estimate of drug-likeness (QED) is 0.648. The average Bonchev–Trinajstić information content (AvgIpc) is 3.00. The van der Waals surface area contributed by atoms with Crippen molar-refractivity contribution in [1.82, 2.24) is 14.5 Å². The molecule has 28 heavy (non-hydrogen) atoms. The molecule has 1 heterocycles. The summed E-state index contributed by atoms with van der Waals surface area (Å²) in [4.78, 5) is 18.7. The van der Waals surface area contributed by atoms with Crippen molar-refractivity contribution in [3.05, 3.63) is 53.1 Å². The number of aromatic nitrogens is 2. The van der Waals surface area contributed by atoms with Crippen LogP contribution in [0.2, 0.25) is 5.02 Å². The van der Waals surface area contributed by atoms with Gasteiger partial charge in [-0.05, 0) is 44.3 Å². The Labute approximate surface area is 167 Å². The fourth-order valence-corrected chi connectivity index (χ4v) is 3.32. The zero-order chi connectivity index (χ0) is 20.3. The minimum atomic E-state index is -0.348. The average molecular weight is 405 g/mol. The highest BCUT2D eigenvalue weighted by atomic mass is 35.5. The van der Waals surface area contributed by atoms with Crippen molar-refractivity contribution >= 4 is 34.2 Å². The van der Waals surface area contributed by atoms with E-state index in [4.69, 9.17) is 16.3 Å². The predicted molar refractivity (Wildman–Crippen MR) is 108 cm³/mol. The monoisotopic (exact) mass is 404 g/mol. The van der Waals surface area contributed by atoms with E-state index in [9.17, 15) is 9.18 Å². The number of carbonyl (C=O) groups excluding carboxylic acids is 1. The van der Waals surface area contributed by atoms with Gasteiger partial charge in [0.2, 0.25) is 5.91 Å². The van der Waals surface area contributed by atoms with Gasteiger partial charge in [0.05, 0.1) is 31.4 Å². The van der Waals surface area contributed by atoms with Gasteiger partial charge >= 0.3 is 0 Å². The van der Waals surface area contributed by atoms with Crippen molar-refractivity contribution in [3.8, 4) is 5.75 Å². The smallest absolute Gasteiger partial charge is 0.238 e. The van der Waals surface area contributed by atoms with Gasteiger partial charge in [0.25, 0.3) is 0 Å². The first-order valence-corrected chi connectivity index (χ1v) is 9.26. The fourth-order valence-electron chi connectivity index (χ4n) is 3.14. The minimum absolute atomic E-state index is 0.130. The number of hydrogen-bond acceptors (Lipinski definition) is 4. The maximum atomic E-state index is 14.0. The predicted octanol–water partition coefficient (Wildman–Crippen LogP) is 3.93. The van der Waals surface area contributed by atoms with Gasteiger partial charge in [-0.3, -0.25) is 9.69 Å². The lowest BCUT2D eigenvalue weighted by molar-refractivity contribution is -0.117. The molecule has 3 aromatic rings. The summed E-state index contributed by atoms with van der Waals surface area (Å²) in [6.45, 7) is 3.18. The number of anilines is 1. The Hall–Kier alpha value is -2.64. The zero-order valence-electron chi connectivity index (χ0n) is 16.0. The van der Waals surface area contributed by atoms with Crippen LogP contribution >= 0.6 is 11.6 Å². The van der Waals surface area contributed by atoms with Crippen molar-refractivity contribution in [1.29, 1.82) is 0 Å². The van der Waals surface area contributed by atoms with Gasteiger partial charge in [-0.25, -0.2) is 9.37 Å². The Morgan fingerprint density at radius 3 is 2.86 bits per heavy atom. The second kappa shape index (κ2) is 8.58. The van der Waals surface area contributed by atoms with E-state index in [1.54, 1.807) is 24.3 Å². The summed E-state index contributed by atoms with van der Waals surface area (Å²) in [5.74, 6) is 0.676. The number of imidazole rings is 1. The SMILES string of the molecule is CCn1c(CN(C)CC(=O)Nc2cc(Cl)ccc2OC)nc2c(F)cccc21. The molecule has 3 rings (SSSR count). The van der Waals surface area contributed by atoms with E-state index in [2.05, 4.69) is 10.3 Å². The third-order valence-electron chi connectivity index (χ3n) is 4.39. The number of rotatable bonds is 7. The standard InChI is InChI=1S/C20H22ClFN4O2/c1-4-26-16-7-5-6-14(22)20(16)24-18(26)11-25(2)12-19(27)23-15-10-13(21)8-9-17(15)28-3/h5-10H,4,11-12H2,1-3H3,(H,23,27). The van der Waals surface area contributed by atoms with Crippen molar-refractivity contribution in [2.24, 2.45) is 0 Å². The van der Waals surface area contributed by atoms with Crippen LogP contribution in [0.4, 0.5) is 10.1 Å². The first kappa shape index (κ1) is 20.1. The maximum Gasteiger partial charge on any atom is 0.238 e. The van der Waals surface area contributed by atoms with Crippen LogP contribution < -0.4 is 10.1 Å². The summed E-state index contributed by atoms with van der Waals surface area (Å²) >= 11 is 6.00. The molecule has 1 N–H and O–H groups in total. The van der Waals surface area contributed by atoms with Gasteiger partial charge in [-0.15, -0.1) is 0 Å². The van der Waals surface area contributed by atoms with E-state index in [-0.39, 0.29) is 18.3 Å². The number of halogens is 2. The molecule has 0 saturated carbocycles. The largest absolute Gasteiger partial charge is 0.495 e. The molecule has 8 heteroatoms. The number of aryl methyl sites for hydroxylation is 1. The lowest BCUT2D eigenvalue weighted by Gasteiger charge is -2.17. The normalized spacial score (nSPS) is 11.2. The number of likely N-dealkylation sites (N-methyl/N-ethyl adjacent to an activating group) is 1. The summed E-state index contributed by atoms with van der Waals surface area (Å²) < 4.78 is 21.2. The van der Waals surface area contributed by atoms with Crippen LogP contribution in [0, 0.1) is 5.82 Å². The first-order chi connectivity index (χ1) is 13.4. The molecule has 2 aromatic carbocycles. The number of carbonyl (C=O) groups is 1. The van der Waals surface area contributed by atoms with E-state index in [1.165, 1.54) is 13.2 Å². The molecule has 1 amide bonds. The van der Waals surface area contributed by atoms with Crippen molar-refractivity contribution < 1.29 is 13.9 Å². The number of benzene rings is 2. The molecule has 0 aliphatic heterocycles. The first-order valence-electron chi connectivity index (χ1n) is 8.88. The second-order valence-electron chi connectivity index (χ2n) is 6.44. The molecule has 0 saturated heterocycles. The van der Waals surface area contributed by atoms with E-state index >= 15 is 0 Å². The van der Waals surface area contributed by atoms with Crippen LogP contribution in [0.1, 0.15) is 12.7 Å². The molecule has 0 radical (unpaired) electrons. The molecule has 148 valence electrons. The Morgan fingerprint density at radius 1 is 1.36 bits per heavy atom. The van der Waals surface area contributed by atoms with Gasteiger partial charge in [-0.2, -0.15) is 0 Å². The van der Waals surface area contributed by atoms with Gasteiger partial charge in [-0.1, -0.05) is 17.7 Å². The van der Waals surface area contributed by atoms with Crippen LogP contribution in [0.15, 0.2) is 36.4 Å².